The largest absolute Gasteiger partial charge is 0.354 e. The molecule has 592 valence electrons. The molecule has 9 rings (SSSR count). The molecule has 0 saturated carbocycles. The van der Waals surface area contributed by atoms with Crippen LogP contribution in [0.2, 0.25) is 0 Å². The number of nitrogens with one attached hydrogen (secondary N) is 4. The van der Waals surface area contributed by atoms with E-state index in [9.17, 15) is 19.2 Å². The van der Waals surface area contributed by atoms with Crippen LogP contribution in [0.15, 0.2) is 48.5 Å². The van der Waals surface area contributed by atoms with Crippen molar-refractivity contribution in [3.05, 3.63) is 70.8 Å². The maximum absolute atomic E-state index is 14.9. The van der Waals surface area contributed by atoms with Gasteiger partial charge in [0.2, 0.25) is 35.7 Å². The predicted molar refractivity (Wildman–Crippen MR) is 454 cm³/mol. The molecule has 4 heterocycles. The normalized spacial score (nSPS) is 12.9. The first kappa shape index (κ1) is 84.5. The topological polar surface area (TPSA) is 207 Å². The lowest BCUT2D eigenvalue weighted by atomic mass is 9.82. The van der Waals surface area contributed by atoms with Gasteiger partial charge in [-0.05, 0) is 95.1 Å². The number of rotatable bonds is 62. The smallest absolute Gasteiger partial charge is 0.261 e. The fourth-order valence-corrected chi connectivity index (χ4v) is 16.2. The minimum atomic E-state index is -0.361. The highest BCUT2D eigenvalue weighted by Crippen LogP contribution is 2.46. The summed E-state index contributed by atoms with van der Waals surface area (Å²) in [5.41, 5.74) is 1.83. The number of unbranched alkanes of at least 4 members (excludes halogenated alkanes) is 38. The number of amides is 4. The lowest BCUT2D eigenvalue weighted by molar-refractivity contribution is 0.0601. The number of benzene rings is 5. The summed E-state index contributed by atoms with van der Waals surface area (Å²) >= 11 is 0. The van der Waals surface area contributed by atoms with Crippen molar-refractivity contribution < 1.29 is 19.2 Å². The Balaban J connectivity index is 0.893. The molecule has 18 heteroatoms. The molecule has 2 aromatic heterocycles. The summed E-state index contributed by atoms with van der Waals surface area (Å²) in [5, 5.41) is 20.3. The van der Waals surface area contributed by atoms with Crippen LogP contribution in [-0.2, 0) is 0 Å². The maximum Gasteiger partial charge on any atom is 0.261 e. The highest BCUT2D eigenvalue weighted by molar-refractivity contribution is 6.41. The first-order chi connectivity index (χ1) is 53.1. The maximum atomic E-state index is 14.9. The van der Waals surface area contributed by atoms with Gasteiger partial charge in [-0.25, -0.2) is 0 Å². The van der Waals surface area contributed by atoms with Crippen LogP contribution in [0.3, 0.4) is 0 Å². The van der Waals surface area contributed by atoms with Crippen molar-refractivity contribution in [1.29, 1.82) is 0 Å². The van der Waals surface area contributed by atoms with E-state index in [1.54, 1.807) is 0 Å². The summed E-state index contributed by atoms with van der Waals surface area (Å²) in [6, 6.07) is 15.3. The zero-order chi connectivity index (χ0) is 75.9. The second-order valence-electron chi connectivity index (χ2n) is 31.3. The highest BCUT2D eigenvalue weighted by Gasteiger charge is 2.37. The Morgan fingerprint density at radius 2 is 0.463 bits per heavy atom. The van der Waals surface area contributed by atoms with Crippen molar-refractivity contribution in [3.8, 4) is 0 Å². The molecular formula is C90H138N14O4. The van der Waals surface area contributed by atoms with E-state index in [2.05, 4.69) is 72.6 Å². The second kappa shape index (κ2) is 47.5. The van der Waals surface area contributed by atoms with Crippen LogP contribution in [0.25, 0.3) is 43.1 Å². The van der Waals surface area contributed by atoms with Gasteiger partial charge in [0.15, 0.2) is 0 Å². The van der Waals surface area contributed by atoms with E-state index in [1.165, 1.54) is 241 Å². The number of aromatic nitrogens is 6. The van der Waals surface area contributed by atoms with E-state index in [1.807, 2.05) is 48.5 Å². The van der Waals surface area contributed by atoms with Crippen molar-refractivity contribution >= 4 is 102 Å². The molecule has 0 aliphatic carbocycles. The van der Waals surface area contributed by atoms with Gasteiger partial charge >= 0.3 is 0 Å². The Bertz CT molecular complexity index is 3440. The van der Waals surface area contributed by atoms with Crippen molar-refractivity contribution in [1.82, 2.24) is 39.7 Å². The van der Waals surface area contributed by atoms with E-state index in [0.717, 1.165) is 123 Å². The lowest BCUT2D eigenvalue weighted by Crippen LogP contribution is -2.43. The summed E-state index contributed by atoms with van der Waals surface area (Å²) in [5.74, 6) is 1.80. The molecule has 4 amide bonds. The van der Waals surface area contributed by atoms with Gasteiger partial charge in [0, 0.05) is 98.5 Å². The Morgan fingerprint density at radius 1 is 0.250 bits per heavy atom. The summed E-state index contributed by atoms with van der Waals surface area (Å²) in [4.78, 5) is 97.1. The number of nitrogens with zero attached hydrogens (tertiary/aromatic N) is 10. The van der Waals surface area contributed by atoms with Crippen LogP contribution in [0.1, 0.15) is 365 Å². The van der Waals surface area contributed by atoms with E-state index < -0.39 is 0 Å². The third-order valence-electron chi connectivity index (χ3n) is 22.6. The van der Waals surface area contributed by atoms with Gasteiger partial charge in [-0.3, -0.25) is 29.0 Å². The quantitative estimate of drug-likeness (QED) is 0.0121. The number of hydrogen-bond acceptors (Lipinski definition) is 16. The number of imide groups is 2. The molecule has 18 nitrogen and oxygen atoms in total. The summed E-state index contributed by atoms with van der Waals surface area (Å²) in [6.07, 6.45) is 54.1. The predicted octanol–water partition coefficient (Wildman–Crippen LogP) is 23.2. The molecule has 0 unspecified atom stereocenters. The molecule has 5 aromatic carbocycles. The highest BCUT2D eigenvalue weighted by atomic mass is 16.2. The summed E-state index contributed by atoms with van der Waals surface area (Å²) in [6.45, 7) is 19.3. The van der Waals surface area contributed by atoms with Crippen LogP contribution in [0, 0.1) is 0 Å². The first-order valence-electron chi connectivity index (χ1n) is 44.0. The average molecular weight is 1480 g/mol. The zero-order valence-electron chi connectivity index (χ0n) is 67.9. The van der Waals surface area contributed by atoms with Gasteiger partial charge < -0.3 is 31.1 Å². The Kier molecular flexibility index (Phi) is 37.2. The molecule has 0 spiro atoms. The Labute approximate surface area is 649 Å². The minimum absolute atomic E-state index is 0.0976. The first-order valence-corrected chi connectivity index (χ1v) is 44.0. The van der Waals surface area contributed by atoms with Crippen molar-refractivity contribution in [2.75, 3.05) is 96.5 Å². The summed E-state index contributed by atoms with van der Waals surface area (Å²) < 4.78 is 0. The Hall–Kier alpha value is -7.50. The monoisotopic (exact) mass is 1480 g/mol. The van der Waals surface area contributed by atoms with E-state index in [-0.39, 0.29) is 49.8 Å². The van der Waals surface area contributed by atoms with Crippen LogP contribution in [-0.4, -0.2) is 129 Å². The van der Waals surface area contributed by atoms with Gasteiger partial charge in [0.1, 0.15) is 0 Å². The van der Waals surface area contributed by atoms with Crippen LogP contribution < -0.4 is 31.1 Å². The zero-order valence-corrected chi connectivity index (χ0v) is 67.9. The molecule has 0 atom stereocenters. The van der Waals surface area contributed by atoms with Gasteiger partial charge in [-0.2, -0.15) is 29.9 Å². The number of carbonyl (C=O) groups is 4. The van der Waals surface area contributed by atoms with E-state index in [0.29, 0.717) is 68.7 Å². The Morgan fingerprint density at radius 3 is 0.704 bits per heavy atom. The van der Waals surface area contributed by atoms with Crippen molar-refractivity contribution in [2.24, 2.45) is 0 Å². The average Bonchev–Trinajstić information content (AvgIpc) is 0.692. The van der Waals surface area contributed by atoms with Crippen molar-refractivity contribution in [3.63, 3.8) is 0 Å². The molecular weight excluding hydrogens is 1340 g/mol. The molecule has 7 aromatic rings. The fraction of sp³-hybridized carbons (Fsp3) is 0.667. The van der Waals surface area contributed by atoms with Crippen LogP contribution in [0.5, 0.6) is 0 Å². The van der Waals surface area contributed by atoms with Crippen LogP contribution >= 0.6 is 0 Å². The van der Waals surface area contributed by atoms with Crippen molar-refractivity contribution in [2.45, 2.75) is 324 Å². The molecule has 2 aliphatic rings. The molecule has 0 saturated heterocycles. The van der Waals surface area contributed by atoms with Gasteiger partial charge in [-0.15, -0.1) is 0 Å². The van der Waals surface area contributed by atoms with Gasteiger partial charge in [-0.1, -0.05) is 310 Å². The molecule has 108 heavy (non-hydrogen) atoms. The van der Waals surface area contributed by atoms with E-state index >= 15 is 0 Å². The fourth-order valence-electron chi connectivity index (χ4n) is 16.2. The SMILES string of the molecule is CCCCCCCCCCCCNc1nc(NCCN2C(=O)c3ccc4c5ccc6c7c(ccc(c8ccc(c3c48)C2=O)c75)C(=O)N(CCNc2nc(NCCCCCCCCCCCC)nc(N(CCCCCCCC)CCCCCCCC)n2)C6=O)nc(N(CCCCCCCC)CCCCCCCC)n1. The van der Waals surface area contributed by atoms with Gasteiger partial charge in [0.25, 0.3) is 23.6 Å². The lowest BCUT2D eigenvalue weighted by Gasteiger charge is -2.30. The number of fused-ring (bicyclic) bond motifs is 2. The molecule has 4 N–H and O–H groups in total. The third-order valence-corrected chi connectivity index (χ3v) is 22.6. The minimum Gasteiger partial charge on any atom is -0.354 e. The molecule has 0 fully saturated rings. The van der Waals surface area contributed by atoms with Gasteiger partial charge in [0.05, 0.1) is 0 Å². The molecule has 2 aliphatic heterocycles. The molecule has 0 radical (unpaired) electrons. The summed E-state index contributed by atoms with van der Waals surface area (Å²) in [7, 11) is 0. The standard InChI is InChI=1S/C90H138N14O4/c1-7-13-19-25-31-33-35-37-39-45-59-91-85-95-87(99-89(97-85)101(63-47-41-27-21-15-9-3)64-48-42-28-22-16-10-4)93-61-67-103-81(105)73-55-51-69-71-53-57-75-80-76(58-54-72(78(71)80)70-52-56-74(82(103)106)79(73)77(69)70)84(108)104(83(75)107)68-62-94-88-96-86(92-60-46-40-38-36-34-32-26-20-14-8-2)98-90(100-88)102(65-49-43-29-23-17-11-5)66-50-44-30-24-18-12-6/h51-58H,7-50,59-68H2,1-6H3,(H2,91,93,95,97,99)(H2,92,94,96,98,100). The number of carbonyl (C=O) groups excluding carboxylic acids is 4. The van der Waals surface area contributed by atoms with Crippen LogP contribution in [0.4, 0.5) is 35.7 Å². The van der Waals surface area contributed by atoms with E-state index in [4.69, 9.17) is 29.9 Å². The number of anilines is 6. The third kappa shape index (κ3) is 24.8. The number of hydrogen-bond donors (Lipinski definition) is 4. The molecule has 0 bridgehead atoms. The second-order valence-corrected chi connectivity index (χ2v) is 31.3.